The lowest BCUT2D eigenvalue weighted by Gasteiger charge is -2.25. The highest BCUT2D eigenvalue weighted by Crippen LogP contribution is 2.10. The first-order valence-electron chi connectivity index (χ1n) is 16.1. The molecule has 3 rings (SSSR count). The fraction of sp³-hybridized carbons (Fsp3) is 0.429. The van der Waals surface area contributed by atoms with Crippen LogP contribution >= 0.6 is 0 Å². The molecule has 0 unspecified atom stereocenters. The molecule has 3 aromatic rings. The number of hydrogen-bond donors (Lipinski definition) is 5. The van der Waals surface area contributed by atoms with Crippen LogP contribution in [0, 0.1) is 0 Å². The molecule has 1 heterocycles. The fourth-order valence-electron chi connectivity index (χ4n) is 4.71. The van der Waals surface area contributed by atoms with Gasteiger partial charge in [-0.3, -0.25) is 9.59 Å². The molecule has 4 amide bonds. The number of amides is 4. The van der Waals surface area contributed by atoms with E-state index in [1.54, 1.807) is 45.0 Å². The summed E-state index contributed by atoms with van der Waals surface area (Å²) in [4.78, 5) is 71.7. The van der Waals surface area contributed by atoms with Crippen molar-refractivity contribution in [3.05, 3.63) is 90.0 Å². The average molecular weight is 679 g/mol. The van der Waals surface area contributed by atoms with Crippen LogP contribution in [-0.4, -0.2) is 77.3 Å². The van der Waals surface area contributed by atoms with Gasteiger partial charge in [-0.05, 0) is 51.2 Å². The summed E-state index contributed by atoms with van der Waals surface area (Å²) in [5, 5.41) is 10.8. The van der Waals surface area contributed by atoms with Gasteiger partial charge in [0.1, 0.15) is 30.3 Å². The number of carbonyl (C=O) groups excluding carboxylic acids is 5. The summed E-state index contributed by atoms with van der Waals surface area (Å²) >= 11 is 0. The van der Waals surface area contributed by atoms with Crippen LogP contribution in [0.5, 0.6) is 0 Å². The van der Waals surface area contributed by atoms with Crippen molar-refractivity contribution < 1.29 is 38.2 Å². The number of rotatable bonds is 17. The van der Waals surface area contributed by atoms with E-state index in [9.17, 15) is 24.0 Å². The third-order valence-electron chi connectivity index (χ3n) is 7.11. The van der Waals surface area contributed by atoms with Gasteiger partial charge in [0.2, 0.25) is 11.8 Å². The first-order chi connectivity index (χ1) is 23.4. The number of nitrogens with one attached hydrogen (secondary N) is 5. The molecule has 0 saturated carbocycles. The summed E-state index contributed by atoms with van der Waals surface area (Å²) in [5.41, 5.74) is 1.47. The molecule has 5 N–H and O–H groups in total. The topological polar surface area (TPSA) is 190 Å². The Morgan fingerprint density at radius 2 is 1.41 bits per heavy atom. The van der Waals surface area contributed by atoms with Gasteiger partial charge in [0.25, 0.3) is 0 Å². The second-order valence-electron chi connectivity index (χ2n) is 12.3. The Hall–Kier alpha value is -5.40. The van der Waals surface area contributed by atoms with Crippen LogP contribution in [0.15, 0.2) is 73.2 Å². The van der Waals surface area contributed by atoms with E-state index >= 15 is 0 Å². The minimum absolute atomic E-state index is 0.00882. The fourth-order valence-corrected chi connectivity index (χ4v) is 4.71. The number of unbranched alkanes of at least 4 members (excludes halogenated alkanes) is 1. The van der Waals surface area contributed by atoms with Crippen molar-refractivity contribution in [2.75, 3.05) is 13.7 Å². The number of alkyl carbamates (subject to hydrolysis) is 2. The molecule has 14 heteroatoms. The Morgan fingerprint density at radius 3 is 2.02 bits per heavy atom. The van der Waals surface area contributed by atoms with Gasteiger partial charge in [0.15, 0.2) is 0 Å². The lowest BCUT2D eigenvalue weighted by atomic mass is 10.0. The van der Waals surface area contributed by atoms with Crippen molar-refractivity contribution in [3.63, 3.8) is 0 Å². The van der Waals surface area contributed by atoms with E-state index in [-0.39, 0.29) is 32.4 Å². The molecule has 0 fully saturated rings. The molecule has 0 saturated heterocycles. The zero-order valence-corrected chi connectivity index (χ0v) is 28.3. The summed E-state index contributed by atoms with van der Waals surface area (Å²) in [5.74, 6) is -1.93. The maximum absolute atomic E-state index is 13.8. The van der Waals surface area contributed by atoms with E-state index in [0.717, 1.165) is 11.1 Å². The van der Waals surface area contributed by atoms with Gasteiger partial charge in [-0.15, -0.1) is 0 Å². The molecule has 0 aliphatic carbocycles. The van der Waals surface area contributed by atoms with Gasteiger partial charge < -0.3 is 40.5 Å². The highest BCUT2D eigenvalue weighted by atomic mass is 16.6. The van der Waals surface area contributed by atoms with Crippen LogP contribution in [0.2, 0.25) is 0 Å². The first kappa shape index (κ1) is 38.1. The Kier molecular flexibility index (Phi) is 15.1. The van der Waals surface area contributed by atoms with E-state index in [4.69, 9.17) is 14.2 Å². The third kappa shape index (κ3) is 14.5. The van der Waals surface area contributed by atoms with Gasteiger partial charge in [-0.2, -0.15) is 0 Å². The van der Waals surface area contributed by atoms with Crippen LogP contribution in [0.1, 0.15) is 56.9 Å². The molecular weight excluding hydrogens is 632 g/mol. The Balaban J connectivity index is 1.73. The van der Waals surface area contributed by atoms with Crippen molar-refractivity contribution in [3.8, 4) is 0 Å². The largest absolute Gasteiger partial charge is 0.467 e. The van der Waals surface area contributed by atoms with Gasteiger partial charge >= 0.3 is 18.2 Å². The predicted molar refractivity (Wildman–Crippen MR) is 180 cm³/mol. The van der Waals surface area contributed by atoms with Crippen molar-refractivity contribution in [1.82, 2.24) is 31.2 Å². The van der Waals surface area contributed by atoms with Crippen LogP contribution in [0.3, 0.4) is 0 Å². The molecule has 0 aliphatic heterocycles. The number of aromatic amines is 1. The van der Waals surface area contributed by atoms with Gasteiger partial charge in [-0.1, -0.05) is 60.7 Å². The molecule has 0 spiro atoms. The number of imidazole rings is 1. The summed E-state index contributed by atoms with van der Waals surface area (Å²) < 4.78 is 15.5. The molecule has 0 radical (unpaired) electrons. The number of H-pyrrole nitrogens is 1. The SMILES string of the molecule is COC(=O)[C@H](Cc1cnc[nH]1)NC(=O)[C@H](Cc1ccccc1)NC(=O)[C@H](CCCCNC(=O)OC(C)(C)C)NC(=O)OCc1ccccc1. The minimum atomic E-state index is -1.12. The summed E-state index contributed by atoms with van der Waals surface area (Å²) in [6.45, 7) is 5.56. The van der Waals surface area contributed by atoms with Crippen molar-refractivity contribution in [1.29, 1.82) is 0 Å². The monoisotopic (exact) mass is 678 g/mol. The number of aromatic nitrogens is 2. The van der Waals surface area contributed by atoms with Crippen molar-refractivity contribution in [2.24, 2.45) is 0 Å². The maximum Gasteiger partial charge on any atom is 0.408 e. The first-order valence-corrected chi connectivity index (χ1v) is 16.1. The zero-order valence-electron chi connectivity index (χ0n) is 28.3. The Bertz CT molecular complexity index is 1480. The minimum Gasteiger partial charge on any atom is -0.467 e. The Labute approximate surface area is 286 Å². The Morgan fingerprint density at radius 1 is 0.776 bits per heavy atom. The van der Waals surface area contributed by atoms with E-state index in [0.29, 0.717) is 18.5 Å². The van der Waals surface area contributed by atoms with Crippen LogP contribution in [-0.2, 0) is 48.0 Å². The summed E-state index contributed by atoms with van der Waals surface area (Å²) in [6.07, 6.45) is 2.87. The molecule has 2 aromatic carbocycles. The normalized spacial score (nSPS) is 12.8. The molecule has 1 aromatic heterocycles. The molecule has 264 valence electrons. The average Bonchev–Trinajstić information content (AvgIpc) is 3.59. The van der Waals surface area contributed by atoms with Crippen LogP contribution < -0.4 is 21.3 Å². The molecule has 49 heavy (non-hydrogen) atoms. The van der Waals surface area contributed by atoms with Crippen LogP contribution in [0.25, 0.3) is 0 Å². The number of carbonyl (C=O) groups is 5. The van der Waals surface area contributed by atoms with Gasteiger partial charge in [0, 0.05) is 31.3 Å². The molecule has 0 aliphatic rings. The number of esters is 1. The molecule has 0 bridgehead atoms. The smallest absolute Gasteiger partial charge is 0.408 e. The molecule has 14 nitrogen and oxygen atoms in total. The molecule has 3 atom stereocenters. The third-order valence-corrected chi connectivity index (χ3v) is 7.11. The number of hydrogen-bond acceptors (Lipinski definition) is 9. The maximum atomic E-state index is 13.8. The summed E-state index contributed by atoms with van der Waals surface area (Å²) in [7, 11) is 1.22. The standard InChI is InChI=1S/C35H46N6O8/c1-35(2,3)49-33(45)37-18-12-11-17-27(41-34(46)48-22-25-15-9-6-10-16-25)30(42)39-28(19-24-13-7-5-8-14-24)31(43)40-29(32(44)47-4)20-26-21-36-23-38-26/h5-10,13-16,21,23,27-29H,11-12,17-20,22H2,1-4H3,(H,36,38)(H,37,45)(H,39,42)(H,40,43)(H,41,46)/t27-,28-,29-/m0/s1. The second kappa shape index (κ2) is 19.4. The van der Waals surface area contributed by atoms with Crippen molar-refractivity contribution in [2.45, 2.75) is 83.2 Å². The van der Waals surface area contributed by atoms with Crippen molar-refractivity contribution >= 4 is 30.0 Å². The number of ether oxygens (including phenoxy) is 3. The number of methoxy groups -OCH3 is 1. The second-order valence-corrected chi connectivity index (χ2v) is 12.3. The quantitative estimate of drug-likeness (QED) is 0.0810. The van der Waals surface area contributed by atoms with Crippen LogP contribution in [0.4, 0.5) is 9.59 Å². The number of benzene rings is 2. The summed E-state index contributed by atoms with van der Waals surface area (Å²) in [6, 6.07) is 14.9. The lowest BCUT2D eigenvalue weighted by Crippen LogP contribution is -2.56. The molecular formula is C35H46N6O8. The van der Waals surface area contributed by atoms with E-state index in [1.807, 2.05) is 36.4 Å². The lowest BCUT2D eigenvalue weighted by molar-refractivity contribution is -0.145. The predicted octanol–water partition coefficient (Wildman–Crippen LogP) is 3.33. The highest BCUT2D eigenvalue weighted by molar-refractivity contribution is 5.93. The van der Waals surface area contributed by atoms with Gasteiger partial charge in [-0.25, -0.2) is 19.4 Å². The van der Waals surface area contributed by atoms with Gasteiger partial charge in [0.05, 0.1) is 13.4 Å². The van der Waals surface area contributed by atoms with E-state index in [1.165, 1.54) is 19.6 Å². The van der Waals surface area contributed by atoms with E-state index in [2.05, 4.69) is 31.2 Å². The number of nitrogens with zero attached hydrogens (tertiary/aromatic N) is 1. The van der Waals surface area contributed by atoms with E-state index < -0.39 is 53.7 Å². The highest BCUT2D eigenvalue weighted by Gasteiger charge is 2.31. The zero-order chi connectivity index (χ0) is 35.6.